The molecule has 0 radical (unpaired) electrons. The van der Waals surface area contributed by atoms with Gasteiger partial charge < -0.3 is 15.5 Å². The Morgan fingerprint density at radius 3 is 2.67 bits per heavy atom. The molecule has 4 atom stereocenters. The molecule has 2 saturated heterocycles. The second-order valence-electron chi connectivity index (χ2n) is 11.0. The van der Waals surface area contributed by atoms with Crippen molar-refractivity contribution in [3.05, 3.63) is 95.3 Å². The lowest BCUT2D eigenvalue weighted by atomic mass is 9.96. The molecule has 4 aromatic rings. The second kappa shape index (κ2) is 11.2. The predicted molar refractivity (Wildman–Crippen MR) is 150 cm³/mol. The van der Waals surface area contributed by atoms with Gasteiger partial charge in [-0.15, -0.1) is 5.10 Å². The summed E-state index contributed by atoms with van der Waals surface area (Å²) in [6.07, 6.45) is 1.65. The molecule has 3 heterocycles. The molecule has 0 unspecified atom stereocenters. The number of halogens is 1. The number of hydrogen-bond donors (Lipinski definition) is 2. The van der Waals surface area contributed by atoms with E-state index in [4.69, 9.17) is 0 Å². The fourth-order valence-corrected chi connectivity index (χ4v) is 6.14. The molecule has 2 N–H and O–H groups in total. The minimum Gasteiger partial charge on any atom is -0.350 e. The van der Waals surface area contributed by atoms with Gasteiger partial charge in [0.05, 0.1) is 11.6 Å². The number of nitrogens with zero attached hydrogens (tertiary/aromatic N) is 4. The molecular weight excluding hydrogens is 507 g/mol. The quantitative estimate of drug-likeness (QED) is 0.375. The maximum absolute atomic E-state index is 14.4. The number of hydrogen-bond acceptors (Lipinski definition) is 5. The number of likely N-dealkylation sites (tertiary alicyclic amines) is 1. The SMILES string of the molecule is Cn1nnc2cc(CNC(=O)[C@@H]3C[C@@H](Cc4ccccc4F)CN3C(=O)[C@H]3C[C@@H](c4ccccc4)CN3)ccc21. The minimum atomic E-state index is -0.609. The van der Waals surface area contributed by atoms with Crippen molar-refractivity contribution in [2.24, 2.45) is 13.0 Å². The number of fused-ring (bicyclic) bond motifs is 1. The van der Waals surface area contributed by atoms with Gasteiger partial charge in [-0.2, -0.15) is 0 Å². The summed E-state index contributed by atoms with van der Waals surface area (Å²) in [5, 5.41) is 14.6. The lowest BCUT2D eigenvalue weighted by molar-refractivity contribution is -0.139. The van der Waals surface area contributed by atoms with E-state index in [9.17, 15) is 14.0 Å². The summed E-state index contributed by atoms with van der Waals surface area (Å²) in [6.45, 7) is 1.46. The number of rotatable bonds is 7. The van der Waals surface area contributed by atoms with E-state index in [-0.39, 0.29) is 35.5 Å². The third-order valence-electron chi connectivity index (χ3n) is 8.28. The molecule has 8 nitrogen and oxygen atoms in total. The highest BCUT2D eigenvalue weighted by molar-refractivity contribution is 5.90. The molecule has 6 rings (SSSR count). The lowest BCUT2D eigenvalue weighted by Gasteiger charge is -2.27. The normalized spacial score (nSPS) is 22.6. The van der Waals surface area contributed by atoms with Gasteiger partial charge in [0.25, 0.3) is 0 Å². The van der Waals surface area contributed by atoms with Gasteiger partial charge in [0.1, 0.15) is 17.4 Å². The number of aromatic nitrogens is 3. The van der Waals surface area contributed by atoms with Gasteiger partial charge in [-0.1, -0.05) is 59.8 Å². The zero-order valence-electron chi connectivity index (χ0n) is 22.5. The lowest BCUT2D eigenvalue weighted by Crippen LogP contribution is -2.51. The van der Waals surface area contributed by atoms with Crippen LogP contribution in [0.15, 0.2) is 72.8 Å². The van der Waals surface area contributed by atoms with E-state index in [1.807, 2.05) is 49.5 Å². The smallest absolute Gasteiger partial charge is 0.243 e. The van der Waals surface area contributed by atoms with Crippen molar-refractivity contribution in [2.75, 3.05) is 13.1 Å². The number of carbonyl (C=O) groups is 2. The molecule has 9 heteroatoms. The number of carbonyl (C=O) groups excluding carboxylic acids is 2. The van der Waals surface area contributed by atoms with E-state index >= 15 is 0 Å². The van der Waals surface area contributed by atoms with Crippen LogP contribution < -0.4 is 10.6 Å². The maximum Gasteiger partial charge on any atom is 0.243 e. The molecule has 206 valence electrons. The molecule has 2 amide bonds. The van der Waals surface area contributed by atoms with Gasteiger partial charge in [-0.3, -0.25) is 9.59 Å². The highest BCUT2D eigenvalue weighted by Gasteiger charge is 2.43. The Labute approximate surface area is 232 Å². The summed E-state index contributed by atoms with van der Waals surface area (Å²) in [5.74, 6) is -0.276. The zero-order chi connectivity index (χ0) is 27.6. The average molecular weight is 541 g/mol. The van der Waals surface area contributed by atoms with Crippen LogP contribution in [-0.2, 0) is 29.6 Å². The molecule has 0 saturated carbocycles. The fourth-order valence-electron chi connectivity index (χ4n) is 6.14. The monoisotopic (exact) mass is 540 g/mol. The summed E-state index contributed by atoms with van der Waals surface area (Å²) in [7, 11) is 1.83. The van der Waals surface area contributed by atoms with Gasteiger partial charge in [-0.25, -0.2) is 9.07 Å². The topological polar surface area (TPSA) is 92.2 Å². The Morgan fingerprint density at radius 1 is 1.05 bits per heavy atom. The molecule has 1 aromatic heterocycles. The van der Waals surface area contributed by atoms with Crippen molar-refractivity contribution in [2.45, 2.75) is 43.8 Å². The molecule has 2 fully saturated rings. The molecule has 3 aromatic carbocycles. The van der Waals surface area contributed by atoms with Crippen LogP contribution in [0, 0.1) is 11.7 Å². The zero-order valence-corrected chi connectivity index (χ0v) is 22.5. The molecule has 2 aliphatic rings. The summed E-state index contributed by atoms with van der Waals surface area (Å²) < 4.78 is 16.1. The van der Waals surface area contributed by atoms with E-state index in [0.717, 1.165) is 16.6 Å². The molecule has 0 spiro atoms. The van der Waals surface area contributed by atoms with Crippen LogP contribution in [0.2, 0.25) is 0 Å². The van der Waals surface area contributed by atoms with Gasteiger partial charge in [0, 0.05) is 26.7 Å². The van der Waals surface area contributed by atoms with Crippen molar-refractivity contribution in [1.82, 2.24) is 30.5 Å². The van der Waals surface area contributed by atoms with E-state index in [0.29, 0.717) is 44.5 Å². The standard InChI is InChI=1S/C31H33FN6O2/c1-37-28-12-11-20(14-26(28)35-36-37)17-34-30(39)29-15-21(13-23-9-5-6-10-25(23)32)19-38(29)31(40)27-16-24(18-33-27)22-7-3-2-4-8-22/h2-12,14,21,24,27,29,33H,13,15-19H2,1H3,(H,34,39)/t21-,24-,27-,29+/m1/s1. The molecule has 2 aliphatic heterocycles. The first-order valence-corrected chi connectivity index (χ1v) is 13.8. The largest absolute Gasteiger partial charge is 0.350 e. The average Bonchev–Trinajstić information content (AvgIpc) is 3.72. The van der Waals surface area contributed by atoms with Crippen LogP contribution in [0.4, 0.5) is 4.39 Å². The van der Waals surface area contributed by atoms with Crippen molar-refractivity contribution in [3.63, 3.8) is 0 Å². The third-order valence-corrected chi connectivity index (χ3v) is 8.28. The third kappa shape index (κ3) is 5.34. The van der Waals surface area contributed by atoms with Gasteiger partial charge in [-0.05, 0) is 66.0 Å². The summed E-state index contributed by atoms with van der Waals surface area (Å²) in [6, 6.07) is 21.7. The van der Waals surface area contributed by atoms with Crippen LogP contribution in [0.25, 0.3) is 11.0 Å². The number of benzene rings is 3. The highest BCUT2D eigenvalue weighted by atomic mass is 19.1. The first-order valence-electron chi connectivity index (χ1n) is 13.8. The number of amides is 2. The van der Waals surface area contributed by atoms with Gasteiger partial charge in [0.2, 0.25) is 11.8 Å². The predicted octanol–water partition coefficient (Wildman–Crippen LogP) is 3.33. The van der Waals surface area contributed by atoms with E-state index < -0.39 is 6.04 Å². The maximum atomic E-state index is 14.4. The van der Waals surface area contributed by atoms with Crippen LogP contribution in [0.3, 0.4) is 0 Å². The molecule has 0 aliphatic carbocycles. The molecular formula is C31H33FN6O2. The van der Waals surface area contributed by atoms with Crippen LogP contribution in [0.1, 0.15) is 35.4 Å². The Morgan fingerprint density at radius 2 is 1.85 bits per heavy atom. The van der Waals surface area contributed by atoms with Crippen LogP contribution in [0.5, 0.6) is 0 Å². The Hall–Kier alpha value is -4.11. The Balaban J connectivity index is 1.17. The van der Waals surface area contributed by atoms with E-state index in [1.165, 1.54) is 11.6 Å². The minimum absolute atomic E-state index is 0.0149. The molecule has 0 bridgehead atoms. The van der Waals surface area contributed by atoms with Crippen molar-refractivity contribution >= 4 is 22.8 Å². The first kappa shape index (κ1) is 26.1. The summed E-state index contributed by atoms with van der Waals surface area (Å²) in [5.41, 5.74) is 4.40. The van der Waals surface area contributed by atoms with Gasteiger partial charge >= 0.3 is 0 Å². The number of nitrogens with one attached hydrogen (secondary N) is 2. The Bertz CT molecular complexity index is 1520. The van der Waals surface area contributed by atoms with Crippen molar-refractivity contribution in [1.29, 1.82) is 0 Å². The van der Waals surface area contributed by atoms with E-state index in [2.05, 4.69) is 33.1 Å². The van der Waals surface area contributed by atoms with Crippen molar-refractivity contribution in [3.8, 4) is 0 Å². The summed E-state index contributed by atoms with van der Waals surface area (Å²) in [4.78, 5) is 29.1. The van der Waals surface area contributed by atoms with E-state index in [1.54, 1.807) is 21.7 Å². The number of aryl methyl sites for hydroxylation is 1. The second-order valence-corrected chi connectivity index (χ2v) is 11.0. The highest BCUT2D eigenvalue weighted by Crippen LogP contribution is 2.32. The van der Waals surface area contributed by atoms with Gasteiger partial charge in [0.15, 0.2) is 0 Å². The molecule has 40 heavy (non-hydrogen) atoms. The van der Waals surface area contributed by atoms with Crippen LogP contribution in [-0.4, -0.2) is 56.9 Å². The fraction of sp³-hybridized carbons (Fsp3) is 0.355. The van der Waals surface area contributed by atoms with Crippen LogP contribution >= 0.6 is 0 Å². The summed E-state index contributed by atoms with van der Waals surface area (Å²) >= 11 is 0. The first-order chi connectivity index (χ1) is 19.5. The Kier molecular flexibility index (Phi) is 7.30. The van der Waals surface area contributed by atoms with Crippen molar-refractivity contribution < 1.29 is 14.0 Å².